The molecule has 0 fully saturated rings. The lowest BCUT2D eigenvalue weighted by molar-refractivity contribution is -0.161. The highest BCUT2D eigenvalue weighted by molar-refractivity contribution is 7.47. The van der Waals surface area contributed by atoms with Crippen molar-refractivity contribution in [1.29, 1.82) is 0 Å². The van der Waals surface area contributed by atoms with E-state index in [2.05, 4.69) is 32.9 Å². The molecule has 0 aromatic carbocycles. The lowest BCUT2D eigenvalue weighted by Crippen LogP contribution is -2.30. The fourth-order valence-corrected chi connectivity index (χ4v) is 8.71. The number of phosphoric acid groups is 1. The average molecular weight is 959 g/mol. The molecule has 0 heterocycles. The van der Waals surface area contributed by atoms with Gasteiger partial charge in [0.15, 0.2) is 6.10 Å². The van der Waals surface area contributed by atoms with Crippen LogP contribution in [0.5, 0.6) is 0 Å². The second-order valence-electron chi connectivity index (χ2n) is 18.8. The summed E-state index contributed by atoms with van der Waals surface area (Å²) in [5.41, 5.74) is 0. The monoisotopic (exact) mass is 959 g/mol. The number of ether oxygens (including phenoxy) is 3. The van der Waals surface area contributed by atoms with Crippen LogP contribution < -0.4 is 0 Å². The standard InChI is InChI=1S/C54H103O11P/c1-4-7-10-13-16-19-22-24-25-27-30-33-36-39-42-45-54(58)65-51(47-61-52(56)43-40-37-34-31-28-21-18-15-12-9-6-3)49-63-66(59,60)62-48-50(46-55)64-53(57)44-41-38-35-32-29-26-23-20-17-14-11-8-5-2/h15,18,50-51,55H,4-14,16-17,19-49H2,1-3H3,(H,59,60)/b18-15-. The summed E-state index contributed by atoms with van der Waals surface area (Å²) in [4.78, 5) is 48.3. The first-order chi connectivity index (χ1) is 32.2. The van der Waals surface area contributed by atoms with Gasteiger partial charge in [-0.2, -0.15) is 0 Å². The minimum absolute atomic E-state index is 0.174. The van der Waals surface area contributed by atoms with Crippen molar-refractivity contribution in [3.63, 3.8) is 0 Å². The summed E-state index contributed by atoms with van der Waals surface area (Å²) in [7, 11) is -4.73. The van der Waals surface area contributed by atoms with Gasteiger partial charge in [-0.3, -0.25) is 23.4 Å². The van der Waals surface area contributed by atoms with E-state index in [0.717, 1.165) is 77.0 Å². The molecule has 2 N–H and O–H groups in total. The van der Waals surface area contributed by atoms with Gasteiger partial charge in [0.25, 0.3) is 0 Å². The van der Waals surface area contributed by atoms with Gasteiger partial charge in [-0.1, -0.05) is 232 Å². The predicted octanol–water partition coefficient (Wildman–Crippen LogP) is 15.7. The zero-order chi connectivity index (χ0) is 48.4. The molecule has 0 aliphatic carbocycles. The molecule has 0 spiro atoms. The van der Waals surface area contributed by atoms with Crippen molar-refractivity contribution in [2.45, 2.75) is 290 Å². The van der Waals surface area contributed by atoms with Crippen molar-refractivity contribution < 1.29 is 52.2 Å². The predicted molar refractivity (Wildman–Crippen MR) is 270 cm³/mol. The molecule has 66 heavy (non-hydrogen) atoms. The molecule has 0 rings (SSSR count). The molecule has 0 aromatic heterocycles. The Morgan fingerprint density at radius 2 is 0.712 bits per heavy atom. The van der Waals surface area contributed by atoms with Crippen LogP contribution in [0.1, 0.15) is 278 Å². The molecular weight excluding hydrogens is 856 g/mol. The molecule has 0 aromatic rings. The number of hydrogen-bond donors (Lipinski definition) is 2. The van der Waals surface area contributed by atoms with Gasteiger partial charge in [-0.05, 0) is 38.5 Å². The van der Waals surface area contributed by atoms with Crippen molar-refractivity contribution in [3.05, 3.63) is 12.2 Å². The van der Waals surface area contributed by atoms with E-state index in [1.165, 1.54) is 141 Å². The number of esters is 3. The van der Waals surface area contributed by atoms with Crippen molar-refractivity contribution in [2.75, 3.05) is 26.4 Å². The highest BCUT2D eigenvalue weighted by Crippen LogP contribution is 2.43. The van der Waals surface area contributed by atoms with Gasteiger partial charge in [-0.15, -0.1) is 0 Å². The summed E-state index contributed by atoms with van der Waals surface area (Å²) in [6, 6.07) is 0. The Morgan fingerprint density at radius 1 is 0.409 bits per heavy atom. The second-order valence-corrected chi connectivity index (χ2v) is 20.2. The number of allylic oxidation sites excluding steroid dienone is 2. The highest BCUT2D eigenvalue weighted by atomic mass is 31.2. The molecule has 3 atom stereocenters. The number of carbonyl (C=O) groups is 3. The number of hydrogen-bond acceptors (Lipinski definition) is 10. The fraction of sp³-hybridized carbons (Fsp3) is 0.907. The maximum Gasteiger partial charge on any atom is 0.472 e. The van der Waals surface area contributed by atoms with Gasteiger partial charge < -0.3 is 24.2 Å². The van der Waals surface area contributed by atoms with Crippen molar-refractivity contribution in [3.8, 4) is 0 Å². The van der Waals surface area contributed by atoms with Crippen molar-refractivity contribution >= 4 is 25.7 Å². The minimum Gasteiger partial charge on any atom is -0.462 e. The first kappa shape index (κ1) is 64.2. The van der Waals surface area contributed by atoms with Crippen LogP contribution >= 0.6 is 7.82 Å². The number of carbonyl (C=O) groups excluding carboxylic acids is 3. The molecular formula is C54H103O11P. The minimum atomic E-state index is -4.73. The zero-order valence-corrected chi connectivity index (χ0v) is 43.8. The molecule has 390 valence electrons. The topological polar surface area (TPSA) is 155 Å². The molecule has 0 aliphatic rings. The van der Waals surface area contributed by atoms with Crippen molar-refractivity contribution in [2.24, 2.45) is 0 Å². The van der Waals surface area contributed by atoms with Crippen LogP contribution in [0.25, 0.3) is 0 Å². The Bertz CT molecular complexity index is 1160. The number of unbranched alkanes of at least 4 members (excludes halogenated alkanes) is 33. The zero-order valence-electron chi connectivity index (χ0n) is 42.9. The molecule has 0 saturated carbocycles. The first-order valence-corrected chi connectivity index (χ1v) is 29.1. The highest BCUT2D eigenvalue weighted by Gasteiger charge is 2.28. The third-order valence-electron chi connectivity index (χ3n) is 12.2. The van der Waals surface area contributed by atoms with Gasteiger partial charge in [0.1, 0.15) is 12.7 Å². The number of aliphatic hydroxyl groups is 1. The summed E-state index contributed by atoms with van der Waals surface area (Å²) < 4.78 is 39.4. The Balaban J connectivity index is 4.67. The second kappa shape index (κ2) is 49.6. The maximum absolute atomic E-state index is 12.9. The van der Waals surface area contributed by atoms with Crippen LogP contribution in [-0.2, 0) is 42.2 Å². The molecule has 0 radical (unpaired) electrons. The molecule has 3 unspecified atom stereocenters. The van der Waals surface area contributed by atoms with E-state index in [4.69, 9.17) is 23.3 Å². The van der Waals surface area contributed by atoms with E-state index < -0.39 is 57.8 Å². The third kappa shape index (κ3) is 47.3. The molecule has 0 bridgehead atoms. The SMILES string of the molecule is CCCC/C=C\CCCCCCCC(=O)OCC(COP(=O)(O)OCC(CO)OC(=O)CCCCCCCCCCCCCCC)OC(=O)CCCCCCCCCCCCCCCCC. The van der Waals surface area contributed by atoms with Crippen molar-refractivity contribution in [1.82, 2.24) is 0 Å². The third-order valence-corrected chi connectivity index (χ3v) is 13.1. The van der Waals surface area contributed by atoms with E-state index >= 15 is 0 Å². The summed E-state index contributed by atoms with van der Waals surface area (Å²) in [6.07, 6.45) is 46.0. The van der Waals surface area contributed by atoms with E-state index in [-0.39, 0.29) is 25.9 Å². The van der Waals surface area contributed by atoms with Gasteiger partial charge in [0, 0.05) is 19.3 Å². The summed E-state index contributed by atoms with van der Waals surface area (Å²) in [5.74, 6) is -1.45. The van der Waals surface area contributed by atoms with Gasteiger partial charge in [0.05, 0.1) is 19.8 Å². The van der Waals surface area contributed by atoms with E-state index in [9.17, 15) is 28.9 Å². The van der Waals surface area contributed by atoms with Crippen LogP contribution in [0.4, 0.5) is 0 Å². The van der Waals surface area contributed by atoms with Gasteiger partial charge in [-0.25, -0.2) is 4.57 Å². The van der Waals surface area contributed by atoms with Gasteiger partial charge in [0.2, 0.25) is 0 Å². The summed E-state index contributed by atoms with van der Waals surface area (Å²) in [6.45, 7) is 4.63. The Labute approximate surface area is 405 Å². The first-order valence-electron chi connectivity index (χ1n) is 27.6. The Kier molecular flexibility index (Phi) is 48.3. The molecule has 0 amide bonds. The van der Waals surface area contributed by atoms with Crippen LogP contribution in [0.3, 0.4) is 0 Å². The Morgan fingerprint density at radius 3 is 1.09 bits per heavy atom. The van der Waals surface area contributed by atoms with E-state index in [1.807, 2.05) is 0 Å². The van der Waals surface area contributed by atoms with Crippen LogP contribution in [0.2, 0.25) is 0 Å². The molecule has 0 saturated heterocycles. The van der Waals surface area contributed by atoms with E-state index in [0.29, 0.717) is 19.3 Å². The molecule has 11 nitrogen and oxygen atoms in total. The Hall–Kier alpha value is -1.78. The number of rotatable bonds is 52. The van der Waals surface area contributed by atoms with E-state index in [1.54, 1.807) is 0 Å². The summed E-state index contributed by atoms with van der Waals surface area (Å²) in [5, 5.41) is 9.78. The lowest BCUT2D eigenvalue weighted by atomic mass is 10.0. The number of phosphoric ester groups is 1. The summed E-state index contributed by atoms with van der Waals surface area (Å²) >= 11 is 0. The van der Waals surface area contributed by atoms with Gasteiger partial charge >= 0.3 is 25.7 Å². The quantitative estimate of drug-likeness (QED) is 0.0197. The lowest BCUT2D eigenvalue weighted by Gasteiger charge is -2.21. The fourth-order valence-electron chi connectivity index (χ4n) is 7.93. The van der Waals surface area contributed by atoms with Crippen LogP contribution in [0, 0.1) is 0 Å². The number of aliphatic hydroxyl groups excluding tert-OH is 1. The average Bonchev–Trinajstić information content (AvgIpc) is 3.30. The normalized spacial score (nSPS) is 13.5. The molecule has 12 heteroatoms. The van der Waals surface area contributed by atoms with Crippen LogP contribution in [-0.4, -0.2) is 66.5 Å². The smallest absolute Gasteiger partial charge is 0.462 e. The maximum atomic E-state index is 12.9. The van der Waals surface area contributed by atoms with Crippen LogP contribution in [0.15, 0.2) is 12.2 Å². The molecule has 0 aliphatic heterocycles. The largest absolute Gasteiger partial charge is 0.472 e.